The third-order valence-electron chi connectivity index (χ3n) is 2.23. The monoisotopic (exact) mass is 179 g/mol. The SMILES string of the molecule is CCC(C)Oc1cccc(N)c1C. The molecule has 1 aromatic carbocycles. The molecular formula is C11H17NO. The van der Waals surface area contributed by atoms with Gasteiger partial charge < -0.3 is 10.5 Å². The zero-order valence-corrected chi connectivity index (χ0v) is 8.50. The Morgan fingerprint density at radius 3 is 2.77 bits per heavy atom. The first-order valence-corrected chi connectivity index (χ1v) is 4.67. The van der Waals surface area contributed by atoms with Crippen molar-refractivity contribution in [2.24, 2.45) is 0 Å². The Morgan fingerprint density at radius 2 is 2.15 bits per heavy atom. The summed E-state index contributed by atoms with van der Waals surface area (Å²) in [7, 11) is 0. The maximum absolute atomic E-state index is 5.76. The van der Waals surface area contributed by atoms with Gasteiger partial charge in [-0.05, 0) is 32.4 Å². The smallest absolute Gasteiger partial charge is 0.124 e. The predicted molar refractivity (Wildman–Crippen MR) is 56.0 cm³/mol. The quantitative estimate of drug-likeness (QED) is 0.724. The van der Waals surface area contributed by atoms with E-state index in [4.69, 9.17) is 10.5 Å². The third kappa shape index (κ3) is 2.38. The highest BCUT2D eigenvalue weighted by atomic mass is 16.5. The van der Waals surface area contributed by atoms with Crippen molar-refractivity contribution >= 4 is 5.69 Å². The van der Waals surface area contributed by atoms with Crippen LogP contribution in [0.2, 0.25) is 0 Å². The van der Waals surface area contributed by atoms with Crippen molar-refractivity contribution < 1.29 is 4.74 Å². The van der Waals surface area contributed by atoms with Gasteiger partial charge in [0.15, 0.2) is 0 Å². The first-order valence-electron chi connectivity index (χ1n) is 4.67. The molecule has 2 heteroatoms. The van der Waals surface area contributed by atoms with Gasteiger partial charge in [-0.15, -0.1) is 0 Å². The Hall–Kier alpha value is -1.18. The lowest BCUT2D eigenvalue weighted by atomic mass is 10.2. The number of nitrogen functional groups attached to an aromatic ring is 1. The molecule has 0 bridgehead atoms. The molecule has 0 aliphatic rings. The molecule has 0 fully saturated rings. The van der Waals surface area contributed by atoms with Crippen molar-refractivity contribution in [1.29, 1.82) is 0 Å². The Balaban J connectivity index is 2.83. The van der Waals surface area contributed by atoms with Crippen LogP contribution in [-0.4, -0.2) is 6.10 Å². The summed E-state index contributed by atoms with van der Waals surface area (Å²) < 4.78 is 5.70. The van der Waals surface area contributed by atoms with Gasteiger partial charge in [-0.1, -0.05) is 13.0 Å². The van der Waals surface area contributed by atoms with Crippen molar-refractivity contribution in [1.82, 2.24) is 0 Å². The molecule has 0 aliphatic heterocycles. The molecule has 72 valence electrons. The number of hydrogen-bond donors (Lipinski definition) is 1. The van der Waals surface area contributed by atoms with E-state index >= 15 is 0 Å². The fraction of sp³-hybridized carbons (Fsp3) is 0.455. The molecule has 0 aromatic heterocycles. The van der Waals surface area contributed by atoms with Crippen molar-refractivity contribution in [3.63, 3.8) is 0 Å². The first-order chi connectivity index (χ1) is 6.15. The maximum atomic E-state index is 5.76. The lowest BCUT2D eigenvalue weighted by molar-refractivity contribution is 0.216. The Labute approximate surface area is 79.7 Å². The summed E-state index contributed by atoms with van der Waals surface area (Å²) >= 11 is 0. The summed E-state index contributed by atoms with van der Waals surface area (Å²) in [4.78, 5) is 0. The molecular weight excluding hydrogens is 162 g/mol. The predicted octanol–water partition coefficient (Wildman–Crippen LogP) is 2.75. The van der Waals surface area contributed by atoms with Gasteiger partial charge in [-0.25, -0.2) is 0 Å². The van der Waals surface area contributed by atoms with Crippen LogP contribution in [0, 0.1) is 6.92 Å². The summed E-state index contributed by atoms with van der Waals surface area (Å²) in [6, 6.07) is 5.76. The van der Waals surface area contributed by atoms with Crippen molar-refractivity contribution in [3.8, 4) is 5.75 Å². The normalized spacial score (nSPS) is 12.5. The van der Waals surface area contributed by atoms with Crippen LogP contribution in [0.4, 0.5) is 5.69 Å². The van der Waals surface area contributed by atoms with E-state index in [9.17, 15) is 0 Å². The molecule has 1 unspecified atom stereocenters. The molecule has 0 saturated heterocycles. The van der Waals surface area contributed by atoms with E-state index in [0.717, 1.165) is 23.4 Å². The lowest BCUT2D eigenvalue weighted by Gasteiger charge is -2.15. The van der Waals surface area contributed by atoms with E-state index in [2.05, 4.69) is 13.8 Å². The van der Waals surface area contributed by atoms with Crippen LogP contribution in [0.5, 0.6) is 5.75 Å². The highest BCUT2D eigenvalue weighted by Crippen LogP contribution is 2.24. The van der Waals surface area contributed by atoms with Gasteiger partial charge in [-0.3, -0.25) is 0 Å². The average Bonchev–Trinajstić information content (AvgIpc) is 2.13. The molecule has 1 rings (SSSR count). The minimum absolute atomic E-state index is 0.250. The molecule has 1 aromatic rings. The topological polar surface area (TPSA) is 35.2 Å². The second-order valence-electron chi connectivity index (χ2n) is 3.31. The number of hydrogen-bond acceptors (Lipinski definition) is 2. The molecule has 1 atom stereocenters. The summed E-state index contributed by atoms with van der Waals surface area (Å²) in [5.74, 6) is 0.898. The highest BCUT2D eigenvalue weighted by Gasteiger charge is 2.05. The number of nitrogens with two attached hydrogens (primary N) is 1. The fourth-order valence-electron chi connectivity index (χ4n) is 1.06. The number of benzene rings is 1. The van der Waals surface area contributed by atoms with Crippen LogP contribution in [0.3, 0.4) is 0 Å². The average molecular weight is 179 g/mol. The molecule has 13 heavy (non-hydrogen) atoms. The lowest BCUT2D eigenvalue weighted by Crippen LogP contribution is -2.10. The van der Waals surface area contributed by atoms with Gasteiger partial charge in [0.1, 0.15) is 5.75 Å². The van der Waals surface area contributed by atoms with E-state index in [0.29, 0.717) is 0 Å². The van der Waals surface area contributed by atoms with Crippen LogP contribution >= 0.6 is 0 Å². The van der Waals surface area contributed by atoms with E-state index in [-0.39, 0.29) is 6.10 Å². The van der Waals surface area contributed by atoms with E-state index in [1.54, 1.807) is 0 Å². The van der Waals surface area contributed by atoms with Gasteiger partial charge in [0.25, 0.3) is 0 Å². The molecule has 0 radical (unpaired) electrons. The maximum Gasteiger partial charge on any atom is 0.124 e. The summed E-state index contributed by atoms with van der Waals surface area (Å²) in [5.41, 5.74) is 7.58. The van der Waals surface area contributed by atoms with Crippen LogP contribution in [0.25, 0.3) is 0 Å². The van der Waals surface area contributed by atoms with E-state index in [1.807, 2.05) is 25.1 Å². The summed E-state index contributed by atoms with van der Waals surface area (Å²) in [5, 5.41) is 0. The minimum atomic E-state index is 0.250. The zero-order valence-electron chi connectivity index (χ0n) is 8.50. The van der Waals surface area contributed by atoms with Crippen LogP contribution in [0.1, 0.15) is 25.8 Å². The van der Waals surface area contributed by atoms with Gasteiger partial charge in [0.2, 0.25) is 0 Å². The molecule has 2 N–H and O–H groups in total. The number of rotatable bonds is 3. The van der Waals surface area contributed by atoms with Crippen molar-refractivity contribution in [2.45, 2.75) is 33.3 Å². The largest absolute Gasteiger partial charge is 0.490 e. The number of ether oxygens (including phenoxy) is 1. The van der Waals surface area contributed by atoms with Gasteiger partial charge in [0.05, 0.1) is 6.10 Å². The second-order valence-corrected chi connectivity index (χ2v) is 3.31. The molecule has 0 aliphatic carbocycles. The molecule has 2 nitrogen and oxygen atoms in total. The minimum Gasteiger partial charge on any atom is -0.490 e. The van der Waals surface area contributed by atoms with Crippen LogP contribution < -0.4 is 10.5 Å². The fourth-order valence-corrected chi connectivity index (χ4v) is 1.06. The highest BCUT2D eigenvalue weighted by molar-refractivity contribution is 5.53. The summed E-state index contributed by atoms with van der Waals surface area (Å²) in [6.07, 6.45) is 1.26. The van der Waals surface area contributed by atoms with Crippen molar-refractivity contribution in [3.05, 3.63) is 23.8 Å². The van der Waals surface area contributed by atoms with E-state index < -0.39 is 0 Å². The first kappa shape index (κ1) is 9.90. The zero-order chi connectivity index (χ0) is 9.84. The van der Waals surface area contributed by atoms with Crippen LogP contribution in [0.15, 0.2) is 18.2 Å². The van der Waals surface area contributed by atoms with Crippen LogP contribution in [-0.2, 0) is 0 Å². The third-order valence-corrected chi connectivity index (χ3v) is 2.23. The number of anilines is 1. The molecule has 0 spiro atoms. The van der Waals surface area contributed by atoms with Gasteiger partial charge in [-0.2, -0.15) is 0 Å². The molecule has 0 saturated carbocycles. The van der Waals surface area contributed by atoms with E-state index in [1.165, 1.54) is 0 Å². The molecule has 0 amide bonds. The standard InChI is InChI=1S/C11H17NO/c1-4-8(2)13-11-7-5-6-10(12)9(11)3/h5-8H,4,12H2,1-3H3. The Morgan fingerprint density at radius 1 is 1.46 bits per heavy atom. The molecule has 0 heterocycles. The van der Waals surface area contributed by atoms with Gasteiger partial charge >= 0.3 is 0 Å². The Bertz CT molecular complexity index is 283. The summed E-state index contributed by atoms with van der Waals surface area (Å²) in [6.45, 7) is 6.14. The Kier molecular flexibility index (Phi) is 3.18. The van der Waals surface area contributed by atoms with Gasteiger partial charge in [0, 0.05) is 11.3 Å². The second kappa shape index (κ2) is 4.17. The van der Waals surface area contributed by atoms with Crippen molar-refractivity contribution in [2.75, 3.05) is 5.73 Å².